The lowest BCUT2D eigenvalue weighted by Gasteiger charge is -2.21. The Kier molecular flexibility index (Phi) is 12.4. The van der Waals surface area contributed by atoms with Gasteiger partial charge >= 0.3 is 0 Å². The van der Waals surface area contributed by atoms with Crippen molar-refractivity contribution in [3.05, 3.63) is 54.0 Å². The number of furan rings is 1. The van der Waals surface area contributed by atoms with Crippen molar-refractivity contribution >= 4 is 29.9 Å². The molecule has 1 aliphatic heterocycles. The maximum Gasteiger partial charge on any atom is 0.191 e. The summed E-state index contributed by atoms with van der Waals surface area (Å²) in [5, 5.41) is 6.72. The molecule has 1 atom stereocenters. The molecule has 0 amide bonds. The first-order chi connectivity index (χ1) is 14.8. The minimum absolute atomic E-state index is 0. The molecule has 0 radical (unpaired) electrons. The largest absolute Gasteiger partial charge is 0.497 e. The molecule has 1 saturated heterocycles. The van der Waals surface area contributed by atoms with Crippen LogP contribution in [-0.4, -0.2) is 52.0 Å². The Morgan fingerprint density at radius 3 is 2.68 bits per heavy atom. The van der Waals surface area contributed by atoms with Crippen LogP contribution in [0.15, 0.2) is 52.1 Å². The van der Waals surface area contributed by atoms with Gasteiger partial charge < -0.3 is 29.3 Å². The van der Waals surface area contributed by atoms with Crippen molar-refractivity contribution in [3.8, 4) is 5.75 Å². The van der Waals surface area contributed by atoms with Crippen LogP contribution in [0.3, 0.4) is 0 Å². The molecule has 1 fully saturated rings. The second-order valence-corrected chi connectivity index (χ2v) is 7.26. The van der Waals surface area contributed by atoms with Crippen LogP contribution in [0.1, 0.15) is 30.6 Å². The summed E-state index contributed by atoms with van der Waals surface area (Å²) in [6, 6.07) is 11.8. The van der Waals surface area contributed by atoms with E-state index in [4.69, 9.17) is 23.6 Å². The first kappa shape index (κ1) is 25.5. The first-order valence-corrected chi connectivity index (χ1v) is 10.7. The number of methoxy groups -OCH3 is 1. The van der Waals surface area contributed by atoms with E-state index in [9.17, 15) is 0 Å². The summed E-state index contributed by atoms with van der Waals surface area (Å²) in [6.45, 7) is 4.09. The van der Waals surface area contributed by atoms with Crippen LogP contribution in [0.4, 0.5) is 0 Å². The Morgan fingerprint density at radius 1 is 1.13 bits per heavy atom. The highest BCUT2D eigenvalue weighted by Gasteiger charge is 2.13. The van der Waals surface area contributed by atoms with Crippen LogP contribution in [0.25, 0.3) is 0 Å². The molecular weight excluding hydrogens is 509 g/mol. The lowest BCUT2D eigenvalue weighted by Crippen LogP contribution is -2.40. The van der Waals surface area contributed by atoms with Gasteiger partial charge in [0, 0.05) is 26.1 Å². The number of rotatable bonds is 11. The smallest absolute Gasteiger partial charge is 0.191 e. The van der Waals surface area contributed by atoms with Gasteiger partial charge in [-0.2, -0.15) is 0 Å². The number of guanidine groups is 1. The summed E-state index contributed by atoms with van der Waals surface area (Å²) < 4.78 is 22.1. The average molecular weight is 543 g/mol. The average Bonchev–Trinajstić information content (AvgIpc) is 3.31. The van der Waals surface area contributed by atoms with E-state index in [0.717, 1.165) is 55.4 Å². The molecule has 31 heavy (non-hydrogen) atoms. The zero-order chi connectivity index (χ0) is 20.9. The summed E-state index contributed by atoms with van der Waals surface area (Å²) in [5.74, 6) is 2.59. The number of ether oxygens (including phenoxy) is 3. The number of aliphatic imine (C=N–C) groups is 1. The van der Waals surface area contributed by atoms with Crippen LogP contribution in [-0.2, 0) is 22.5 Å². The quantitative estimate of drug-likeness (QED) is 0.195. The van der Waals surface area contributed by atoms with Gasteiger partial charge in [0.05, 0.1) is 39.2 Å². The maximum atomic E-state index is 5.79. The second kappa shape index (κ2) is 15.1. The number of benzene rings is 1. The van der Waals surface area contributed by atoms with Gasteiger partial charge in [-0.1, -0.05) is 12.1 Å². The third kappa shape index (κ3) is 9.92. The maximum absolute atomic E-state index is 5.79. The number of hydrogen-bond acceptors (Lipinski definition) is 5. The topological polar surface area (TPSA) is 77.2 Å². The highest BCUT2D eigenvalue weighted by atomic mass is 127. The van der Waals surface area contributed by atoms with E-state index in [-0.39, 0.29) is 30.1 Å². The molecule has 1 aliphatic rings. The van der Waals surface area contributed by atoms with Crippen LogP contribution < -0.4 is 15.4 Å². The summed E-state index contributed by atoms with van der Waals surface area (Å²) in [6.07, 6.45) is 6.17. The molecule has 0 saturated carbocycles. The van der Waals surface area contributed by atoms with Crippen molar-refractivity contribution in [2.75, 3.05) is 40.0 Å². The van der Waals surface area contributed by atoms with Crippen LogP contribution in [0.5, 0.6) is 5.75 Å². The van der Waals surface area contributed by atoms with Crippen LogP contribution in [0.2, 0.25) is 0 Å². The standard InChI is InChI=1S/C23H33N3O4.HI/c1-27-20-9-7-19(8-10-20)18-28-16-13-25-23(24-12-11-21-6-4-15-29-21)26-17-22-5-2-3-14-30-22;/h4,6-10,15,22H,2-3,5,11-14,16-18H2,1H3,(H2,24,25,26);1H. The van der Waals surface area contributed by atoms with Crippen molar-refractivity contribution in [2.24, 2.45) is 4.99 Å². The minimum atomic E-state index is 0. The highest BCUT2D eigenvalue weighted by molar-refractivity contribution is 14.0. The van der Waals surface area contributed by atoms with E-state index in [1.807, 2.05) is 36.4 Å². The Balaban J connectivity index is 0.00000341. The molecule has 2 heterocycles. The molecule has 2 N–H and O–H groups in total. The van der Waals surface area contributed by atoms with E-state index < -0.39 is 0 Å². The fraction of sp³-hybridized carbons (Fsp3) is 0.522. The van der Waals surface area contributed by atoms with E-state index in [1.165, 1.54) is 6.42 Å². The van der Waals surface area contributed by atoms with Gasteiger partial charge in [0.25, 0.3) is 0 Å². The molecule has 0 aliphatic carbocycles. The molecule has 1 aromatic carbocycles. The first-order valence-electron chi connectivity index (χ1n) is 10.7. The van der Waals surface area contributed by atoms with Crippen LogP contribution in [0, 0.1) is 0 Å². The van der Waals surface area contributed by atoms with Gasteiger partial charge in [0.15, 0.2) is 5.96 Å². The summed E-state index contributed by atoms with van der Waals surface area (Å²) in [5.41, 5.74) is 1.12. The molecule has 8 heteroatoms. The number of nitrogens with zero attached hydrogens (tertiary/aromatic N) is 1. The molecule has 1 aromatic heterocycles. The fourth-order valence-corrected chi connectivity index (χ4v) is 3.23. The zero-order valence-electron chi connectivity index (χ0n) is 18.2. The molecule has 2 aromatic rings. The van der Waals surface area contributed by atoms with E-state index >= 15 is 0 Å². The lowest BCUT2D eigenvalue weighted by atomic mass is 10.1. The van der Waals surface area contributed by atoms with Gasteiger partial charge in [-0.15, -0.1) is 24.0 Å². The van der Waals surface area contributed by atoms with Gasteiger partial charge in [-0.3, -0.25) is 4.99 Å². The van der Waals surface area contributed by atoms with Crippen molar-refractivity contribution in [1.29, 1.82) is 0 Å². The Labute approximate surface area is 202 Å². The number of hydrogen-bond donors (Lipinski definition) is 2. The van der Waals surface area contributed by atoms with Crippen molar-refractivity contribution in [2.45, 2.75) is 38.4 Å². The molecule has 1 unspecified atom stereocenters. The van der Waals surface area contributed by atoms with Gasteiger partial charge in [0.1, 0.15) is 11.5 Å². The van der Waals surface area contributed by atoms with Gasteiger partial charge in [0.2, 0.25) is 0 Å². The van der Waals surface area contributed by atoms with Crippen LogP contribution >= 0.6 is 24.0 Å². The molecule has 3 rings (SSSR count). The Morgan fingerprint density at radius 2 is 1.97 bits per heavy atom. The molecule has 0 bridgehead atoms. The monoisotopic (exact) mass is 543 g/mol. The normalized spacial score (nSPS) is 16.4. The number of halogens is 1. The molecule has 0 spiro atoms. The lowest BCUT2D eigenvalue weighted by molar-refractivity contribution is 0.0224. The molecule has 7 nitrogen and oxygen atoms in total. The fourth-order valence-electron chi connectivity index (χ4n) is 3.23. The predicted molar refractivity (Wildman–Crippen MR) is 132 cm³/mol. The van der Waals surface area contributed by atoms with Crippen molar-refractivity contribution in [1.82, 2.24) is 10.6 Å². The van der Waals surface area contributed by atoms with Crippen molar-refractivity contribution < 1.29 is 18.6 Å². The van der Waals surface area contributed by atoms with E-state index in [0.29, 0.717) is 26.3 Å². The van der Waals surface area contributed by atoms with E-state index in [1.54, 1.807) is 13.4 Å². The molecule has 172 valence electrons. The van der Waals surface area contributed by atoms with E-state index in [2.05, 4.69) is 10.6 Å². The minimum Gasteiger partial charge on any atom is -0.497 e. The summed E-state index contributed by atoms with van der Waals surface area (Å²) in [7, 11) is 1.67. The Hall–Kier alpha value is -1.78. The SMILES string of the molecule is COc1ccc(COCCNC(=NCC2CCCCO2)NCCc2ccco2)cc1.I. The highest BCUT2D eigenvalue weighted by Crippen LogP contribution is 2.13. The number of nitrogens with one attached hydrogen (secondary N) is 2. The third-order valence-corrected chi connectivity index (χ3v) is 4.94. The summed E-state index contributed by atoms with van der Waals surface area (Å²) in [4.78, 5) is 4.71. The third-order valence-electron chi connectivity index (χ3n) is 4.94. The van der Waals surface area contributed by atoms with Crippen molar-refractivity contribution in [3.63, 3.8) is 0 Å². The zero-order valence-corrected chi connectivity index (χ0v) is 20.5. The summed E-state index contributed by atoms with van der Waals surface area (Å²) >= 11 is 0. The van der Waals surface area contributed by atoms with Gasteiger partial charge in [-0.25, -0.2) is 0 Å². The molecular formula is C23H34IN3O4. The van der Waals surface area contributed by atoms with Gasteiger partial charge in [-0.05, 0) is 49.1 Å². The Bertz CT molecular complexity index is 732. The predicted octanol–water partition coefficient (Wildman–Crippen LogP) is 3.77. The second-order valence-electron chi connectivity index (χ2n) is 7.26.